The van der Waals surface area contributed by atoms with Crippen LogP contribution in [-0.2, 0) is 26.1 Å². The second-order valence-electron chi connectivity index (χ2n) is 10.6. The average Bonchev–Trinajstić information content (AvgIpc) is 3.64. The lowest BCUT2D eigenvalue weighted by molar-refractivity contribution is 0.170. The Labute approximate surface area is 234 Å². The van der Waals surface area contributed by atoms with Crippen LogP contribution in [0.3, 0.4) is 0 Å². The number of ether oxygens (including phenoxy) is 7. The molecule has 40 heavy (non-hydrogen) atoms. The number of nitrogens with zero attached hydrogens (tertiary/aromatic N) is 2. The van der Waals surface area contributed by atoms with Gasteiger partial charge in [0.15, 0.2) is 23.0 Å². The molecule has 4 heterocycles. The maximum absolute atomic E-state index is 6.04. The third-order valence-corrected chi connectivity index (χ3v) is 8.31. The summed E-state index contributed by atoms with van der Waals surface area (Å²) >= 11 is 0. The fourth-order valence-electron chi connectivity index (χ4n) is 6.40. The first-order valence-corrected chi connectivity index (χ1v) is 13.8. The van der Waals surface area contributed by atoms with Crippen LogP contribution in [0.1, 0.15) is 28.7 Å². The van der Waals surface area contributed by atoms with Gasteiger partial charge >= 0.3 is 0 Å². The summed E-state index contributed by atoms with van der Waals surface area (Å²) in [5.41, 5.74) is 7.00. The molecule has 0 fully saturated rings. The lowest BCUT2D eigenvalue weighted by atomic mass is 9.93. The first-order valence-electron chi connectivity index (χ1n) is 13.8. The van der Waals surface area contributed by atoms with Crippen molar-refractivity contribution >= 4 is 0 Å². The minimum Gasteiger partial charge on any atom is -0.497 e. The Bertz CT molecular complexity index is 1380. The molecule has 0 bridgehead atoms. The molecular weight excluding hydrogens is 512 g/mol. The Kier molecular flexibility index (Phi) is 6.48. The highest BCUT2D eigenvalue weighted by Gasteiger charge is 2.36. The van der Waals surface area contributed by atoms with Crippen LogP contribution in [0, 0.1) is 0 Å². The van der Waals surface area contributed by atoms with Gasteiger partial charge in [-0.2, -0.15) is 0 Å². The van der Waals surface area contributed by atoms with Gasteiger partial charge < -0.3 is 33.2 Å². The maximum Gasteiger partial charge on any atom is 0.231 e. The van der Waals surface area contributed by atoms with Crippen LogP contribution in [-0.4, -0.2) is 64.3 Å². The van der Waals surface area contributed by atoms with E-state index in [2.05, 4.69) is 40.1 Å². The van der Waals surface area contributed by atoms with Crippen LogP contribution in [0.15, 0.2) is 30.3 Å². The molecule has 9 heteroatoms. The molecule has 0 saturated carbocycles. The van der Waals surface area contributed by atoms with Gasteiger partial charge in [-0.3, -0.25) is 9.80 Å². The smallest absolute Gasteiger partial charge is 0.231 e. The number of hydrogen-bond donors (Lipinski definition) is 0. The van der Waals surface area contributed by atoms with Crippen molar-refractivity contribution in [2.75, 3.05) is 54.5 Å². The van der Waals surface area contributed by atoms with Crippen molar-refractivity contribution in [3.63, 3.8) is 0 Å². The fraction of sp³-hybridized carbons (Fsp3) is 0.419. The first kappa shape index (κ1) is 25.2. The Balaban J connectivity index is 1.17. The average molecular weight is 547 g/mol. The number of methoxy groups -OCH3 is 3. The molecule has 0 aliphatic carbocycles. The molecule has 0 spiro atoms. The van der Waals surface area contributed by atoms with Crippen molar-refractivity contribution in [1.82, 2.24) is 9.80 Å². The van der Waals surface area contributed by atoms with E-state index in [0.29, 0.717) is 34.5 Å². The molecule has 3 aromatic rings. The monoisotopic (exact) mass is 546 g/mol. The molecule has 9 nitrogen and oxygen atoms in total. The highest BCUT2D eigenvalue weighted by atomic mass is 16.7. The van der Waals surface area contributed by atoms with Crippen LogP contribution in [0.5, 0.6) is 40.2 Å². The zero-order chi connectivity index (χ0) is 27.2. The first-order chi connectivity index (χ1) is 19.7. The SMILES string of the molecule is COc1ccc2c(c1)CCN(CCCN1Cc3cc(OC)c4c(c3-c3c(cc(OC)c5c3OCO5)C1)OCO4)C2. The molecule has 0 atom stereocenters. The molecule has 0 aromatic heterocycles. The third kappa shape index (κ3) is 4.24. The van der Waals surface area contributed by atoms with Gasteiger partial charge in [-0.1, -0.05) is 6.07 Å². The van der Waals surface area contributed by atoms with Crippen molar-refractivity contribution in [3.05, 3.63) is 52.6 Å². The maximum atomic E-state index is 6.04. The molecule has 210 valence electrons. The third-order valence-electron chi connectivity index (χ3n) is 8.31. The van der Waals surface area contributed by atoms with E-state index in [4.69, 9.17) is 33.2 Å². The minimum absolute atomic E-state index is 0.155. The quantitative estimate of drug-likeness (QED) is 0.423. The van der Waals surface area contributed by atoms with Crippen molar-refractivity contribution in [2.24, 2.45) is 0 Å². The summed E-state index contributed by atoms with van der Waals surface area (Å²) in [5.74, 6) is 4.96. The summed E-state index contributed by atoms with van der Waals surface area (Å²) in [6.07, 6.45) is 2.11. The van der Waals surface area contributed by atoms with Crippen LogP contribution in [0.4, 0.5) is 0 Å². The Morgan fingerprint density at radius 3 is 1.80 bits per heavy atom. The summed E-state index contributed by atoms with van der Waals surface area (Å²) < 4.78 is 40.6. The van der Waals surface area contributed by atoms with Gasteiger partial charge in [-0.25, -0.2) is 0 Å². The number of rotatable bonds is 7. The van der Waals surface area contributed by atoms with Crippen LogP contribution < -0.4 is 33.2 Å². The summed E-state index contributed by atoms with van der Waals surface area (Å²) in [4.78, 5) is 5.04. The van der Waals surface area contributed by atoms with Crippen molar-refractivity contribution < 1.29 is 33.2 Å². The minimum atomic E-state index is 0.155. The van der Waals surface area contributed by atoms with Crippen molar-refractivity contribution in [1.29, 1.82) is 0 Å². The van der Waals surface area contributed by atoms with Gasteiger partial charge in [-0.15, -0.1) is 0 Å². The van der Waals surface area contributed by atoms with E-state index in [1.807, 2.05) is 0 Å². The lowest BCUT2D eigenvalue weighted by Gasteiger charge is -2.30. The second kappa shape index (κ2) is 10.3. The molecule has 0 saturated heterocycles. The number of hydrogen-bond acceptors (Lipinski definition) is 9. The van der Waals surface area contributed by atoms with Crippen LogP contribution in [0.25, 0.3) is 11.1 Å². The molecule has 4 aliphatic heterocycles. The summed E-state index contributed by atoms with van der Waals surface area (Å²) in [7, 11) is 5.06. The highest BCUT2D eigenvalue weighted by Crippen LogP contribution is 2.57. The standard InChI is InChI=1S/C31H34N2O7/c1-34-23-6-5-20-14-32(10-7-19(20)11-23)8-4-9-33-15-21-12-24(35-2)28-30(39-17-37-28)26(21)27-22(16-33)13-25(36-3)29-31(27)40-18-38-29/h5-6,11-13H,4,7-10,14-18H2,1-3H3. The summed E-state index contributed by atoms with van der Waals surface area (Å²) in [6.45, 7) is 5.83. The largest absolute Gasteiger partial charge is 0.497 e. The van der Waals surface area contributed by atoms with Gasteiger partial charge in [0.25, 0.3) is 0 Å². The Morgan fingerprint density at radius 1 is 0.625 bits per heavy atom. The van der Waals surface area contributed by atoms with Gasteiger partial charge in [0.1, 0.15) is 5.75 Å². The highest BCUT2D eigenvalue weighted by molar-refractivity contribution is 5.89. The van der Waals surface area contributed by atoms with E-state index in [1.54, 1.807) is 21.3 Å². The van der Waals surface area contributed by atoms with E-state index >= 15 is 0 Å². The van der Waals surface area contributed by atoms with Crippen LogP contribution in [0.2, 0.25) is 0 Å². The Morgan fingerprint density at radius 2 is 1.20 bits per heavy atom. The molecule has 0 radical (unpaired) electrons. The summed E-state index contributed by atoms with van der Waals surface area (Å²) in [6, 6.07) is 10.6. The van der Waals surface area contributed by atoms with Crippen LogP contribution >= 0.6 is 0 Å². The topological polar surface area (TPSA) is 71.1 Å². The van der Waals surface area contributed by atoms with Gasteiger partial charge in [0, 0.05) is 43.9 Å². The molecule has 0 amide bonds. The predicted octanol–water partition coefficient (Wildman–Crippen LogP) is 4.60. The number of fused-ring (bicyclic) bond motifs is 8. The molecule has 4 aliphatic rings. The van der Waals surface area contributed by atoms with Crippen molar-refractivity contribution in [3.8, 4) is 51.4 Å². The van der Waals surface area contributed by atoms with E-state index < -0.39 is 0 Å². The predicted molar refractivity (Wildman–Crippen MR) is 148 cm³/mol. The normalized spacial score (nSPS) is 17.1. The summed E-state index contributed by atoms with van der Waals surface area (Å²) in [5, 5.41) is 0. The van der Waals surface area contributed by atoms with E-state index in [-0.39, 0.29) is 13.6 Å². The molecule has 0 unspecified atom stereocenters. The van der Waals surface area contributed by atoms with Crippen molar-refractivity contribution in [2.45, 2.75) is 32.5 Å². The molecular formula is C31H34N2O7. The zero-order valence-electron chi connectivity index (χ0n) is 23.2. The lowest BCUT2D eigenvalue weighted by Crippen LogP contribution is -2.33. The Hall–Kier alpha value is -3.82. The van der Waals surface area contributed by atoms with Gasteiger partial charge in [0.05, 0.1) is 21.3 Å². The molecule has 3 aromatic carbocycles. The van der Waals surface area contributed by atoms with Gasteiger partial charge in [0.2, 0.25) is 25.1 Å². The fourth-order valence-corrected chi connectivity index (χ4v) is 6.40. The van der Waals surface area contributed by atoms with Gasteiger partial charge in [-0.05, 0) is 65.9 Å². The van der Waals surface area contributed by atoms with E-state index in [0.717, 1.165) is 80.1 Å². The second-order valence-corrected chi connectivity index (χ2v) is 10.6. The number of benzene rings is 3. The zero-order valence-corrected chi connectivity index (χ0v) is 23.2. The molecule has 7 rings (SSSR count). The van der Waals surface area contributed by atoms with E-state index in [9.17, 15) is 0 Å². The molecule has 0 N–H and O–H groups in total. The van der Waals surface area contributed by atoms with E-state index in [1.165, 1.54) is 11.1 Å².